The van der Waals surface area contributed by atoms with E-state index in [0.717, 1.165) is 32.0 Å². The lowest BCUT2D eigenvalue weighted by molar-refractivity contribution is -0.132. The van der Waals surface area contributed by atoms with E-state index in [0.29, 0.717) is 24.1 Å². The summed E-state index contributed by atoms with van der Waals surface area (Å²) in [7, 11) is -3.89. The molecule has 1 amide bonds. The van der Waals surface area contributed by atoms with Crippen molar-refractivity contribution < 1.29 is 17.6 Å². The molecule has 0 radical (unpaired) electrons. The van der Waals surface area contributed by atoms with Crippen LogP contribution in [0.5, 0.6) is 0 Å². The van der Waals surface area contributed by atoms with Crippen LogP contribution in [0.2, 0.25) is 0 Å². The van der Waals surface area contributed by atoms with Crippen molar-refractivity contribution in [3.63, 3.8) is 0 Å². The molecule has 1 aromatic rings. The molecule has 150 valence electrons. The molecule has 0 N–H and O–H groups in total. The van der Waals surface area contributed by atoms with Crippen LogP contribution in [0.4, 0.5) is 4.39 Å². The minimum Gasteiger partial charge on any atom is -0.342 e. The topological polar surface area (TPSA) is 60.9 Å². The van der Waals surface area contributed by atoms with Gasteiger partial charge in [-0.2, -0.15) is 4.31 Å². The lowest BCUT2D eigenvalue weighted by Gasteiger charge is -2.34. The Morgan fingerprint density at radius 2 is 1.63 bits per heavy atom. The van der Waals surface area contributed by atoms with Crippen molar-refractivity contribution in [2.24, 2.45) is 0 Å². The van der Waals surface area contributed by atoms with Crippen LogP contribution in [0.25, 0.3) is 0 Å². The zero-order chi connectivity index (χ0) is 19.4. The van der Waals surface area contributed by atoms with Gasteiger partial charge < -0.3 is 4.90 Å². The predicted octanol–water partition coefficient (Wildman–Crippen LogP) is 2.30. The van der Waals surface area contributed by atoms with Gasteiger partial charge in [0.2, 0.25) is 15.9 Å². The van der Waals surface area contributed by atoms with Gasteiger partial charge in [-0.25, -0.2) is 12.8 Å². The Morgan fingerprint density at radius 3 is 2.26 bits per heavy atom. The maximum Gasteiger partial charge on any atom is 0.246 e. The van der Waals surface area contributed by atoms with Crippen molar-refractivity contribution in [2.45, 2.75) is 30.6 Å². The summed E-state index contributed by atoms with van der Waals surface area (Å²) in [6, 6.07) is 3.91. The summed E-state index contributed by atoms with van der Waals surface area (Å²) in [5, 5.41) is 0. The van der Waals surface area contributed by atoms with Gasteiger partial charge in [-0.15, -0.1) is 0 Å². The van der Waals surface area contributed by atoms with Gasteiger partial charge in [0.15, 0.2) is 0 Å². The maximum atomic E-state index is 14.0. The third-order valence-electron chi connectivity index (χ3n) is 5.16. The van der Waals surface area contributed by atoms with E-state index in [4.69, 9.17) is 0 Å². The number of halogens is 2. The highest BCUT2D eigenvalue weighted by atomic mass is 79.9. The number of hydrogen-bond donors (Lipinski definition) is 0. The normalized spacial score (nSPS) is 20.4. The van der Waals surface area contributed by atoms with E-state index in [1.807, 2.05) is 9.80 Å². The highest BCUT2D eigenvalue weighted by Crippen LogP contribution is 2.24. The molecular formula is C18H25BrFN3O3S. The Morgan fingerprint density at radius 1 is 1.00 bits per heavy atom. The van der Waals surface area contributed by atoms with Crippen molar-refractivity contribution >= 4 is 31.9 Å². The fourth-order valence-corrected chi connectivity index (χ4v) is 5.58. The zero-order valence-electron chi connectivity index (χ0n) is 15.2. The number of rotatable bonds is 4. The zero-order valence-corrected chi connectivity index (χ0v) is 17.6. The summed E-state index contributed by atoms with van der Waals surface area (Å²) in [6.07, 6.45) is 4.45. The van der Waals surface area contributed by atoms with Gasteiger partial charge in [-0.3, -0.25) is 9.69 Å². The standard InChI is InChI=1S/C18H25BrFN3O3S/c19-15-5-6-16(20)17(13-15)27(25,26)23-11-9-21(10-12-23)14-18(24)22-7-3-1-2-4-8-22/h5-6,13H,1-4,7-12,14H2. The molecular weight excluding hydrogens is 437 g/mol. The Balaban J connectivity index is 1.58. The van der Waals surface area contributed by atoms with E-state index in [1.165, 1.54) is 29.3 Å². The van der Waals surface area contributed by atoms with E-state index < -0.39 is 15.8 Å². The second-order valence-electron chi connectivity index (χ2n) is 7.05. The van der Waals surface area contributed by atoms with Crippen LogP contribution in [0, 0.1) is 5.82 Å². The third kappa shape index (κ3) is 5.07. The molecule has 0 unspecified atom stereocenters. The number of sulfonamides is 1. The smallest absolute Gasteiger partial charge is 0.246 e. The molecule has 0 bridgehead atoms. The highest BCUT2D eigenvalue weighted by Gasteiger charge is 2.31. The SMILES string of the molecule is O=C(CN1CCN(S(=O)(=O)c2cc(Br)ccc2F)CC1)N1CCCCCC1. The van der Waals surface area contributed by atoms with Crippen molar-refractivity contribution in [3.05, 3.63) is 28.5 Å². The fraction of sp³-hybridized carbons (Fsp3) is 0.611. The number of benzene rings is 1. The minimum absolute atomic E-state index is 0.117. The first-order chi connectivity index (χ1) is 12.9. The first-order valence-corrected chi connectivity index (χ1v) is 11.6. The molecule has 2 saturated heterocycles. The number of hydrogen-bond acceptors (Lipinski definition) is 4. The third-order valence-corrected chi connectivity index (χ3v) is 7.57. The lowest BCUT2D eigenvalue weighted by Crippen LogP contribution is -2.51. The van der Waals surface area contributed by atoms with E-state index in [1.54, 1.807) is 0 Å². The van der Waals surface area contributed by atoms with Crippen LogP contribution >= 0.6 is 15.9 Å². The first kappa shape index (κ1) is 20.7. The molecule has 0 spiro atoms. The Labute approximate surface area is 168 Å². The first-order valence-electron chi connectivity index (χ1n) is 9.33. The van der Waals surface area contributed by atoms with Gasteiger partial charge in [-0.1, -0.05) is 28.8 Å². The number of carbonyl (C=O) groups is 1. The van der Waals surface area contributed by atoms with E-state index in [-0.39, 0.29) is 23.9 Å². The molecule has 0 aliphatic carbocycles. The Kier molecular flexibility index (Phi) is 6.88. The average molecular weight is 462 g/mol. The van der Waals surface area contributed by atoms with Crippen molar-refractivity contribution in [1.29, 1.82) is 0 Å². The number of carbonyl (C=O) groups excluding carboxylic acids is 1. The molecule has 27 heavy (non-hydrogen) atoms. The largest absolute Gasteiger partial charge is 0.342 e. The van der Waals surface area contributed by atoms with Crippen molar-refractivity contribution in [2.75, 3.05) is 45.8 Å². The Bertz CT molecular complexity index is 774. The summed E-state index contributed by atoms with van der Waals surface area (Å²) >= 11 is 3.19. The summed E-state index contributed by atoms with van der Waals surface area (Å²) in [4.78, 5) is 16.1. The van der Waals surface area contributed by atoms with Crippen LogP contribution < -0.4 is 0 Å². The molecule has 0 saturated carbocycles. The molecule has 3 rings (SSSR count). The molecule has 2 aliphatic rings. The van der Waals surface area contributed by atoms with Gasteiger partial charge in [0, 0.05) is 43.7 Å². The van der Waals surface area contributed by atoms with Crippen LogP contribution in [-0.2, 0) is 14.8 Å². The second-order valence-corrected chi connectivity index (χ2v) is 9.87. The van der Waals surface area contributed by atoms with Gasteiger partial charge in [0.25, 0.3) is 0 Å². The molecule has 2 heterocycles. The lowest BCUT2D eigenvalue weighted by atomic mass is 10.2. The minimum atomic E-state index is -3.89. The summed E-state index contributed by atoms with van der Waals surface area (Å²) < 4.78 is 41.3. The van der Waals surface area contributed by atoms with E-state index in [9.17, 15) is 17.6 Å². The monoisotopic (exact) mass is 461 g/mol. The van der Waals surface area contributed by atoms with Crippen LogP contribution in [0.3, 0.4) is 0 Å². The fourth-order valence-electron chi connectivity index (χ4n) is 3.55. The maximum absolute atomic E-state index is 14.0. The van der Waals surface area contributed by atoms with Gasteiger partial charge in [-0.05, 0) is 31.0 Å². The number of amides is 1. The van der Waals surface area contributed by atoms with Gasteiger partial charge in [0.05, 0.1) is 6.54 Å². The number of likely N-dealkylation sites (tertiary alicyclic amines) is 1. The molecule has 1 aromatic carbocycles. The molecule has 6 nitrogen and oxygen atoms in total. The summed E-state index contributed by atoms with van der Waals surface area (Å²) in [6.45, 7) is 3.38. The van der Waals surface area contributed by atoms with Crippen LogP contribution in [0.15, 0.2) is 27.6 Å². The molecule has 2 aliphatic heterocycles. The average Bonchev–Trinajstić information content (AvgIpc) is 2.93. The molecule has 9 heteroatoms. The van der Waals surface area contributed by atoms with Crippen LogP contribution in [-0.4, -0.2) is 74.2 Å². The quantitative estimate of drug-likeness (QED) is 0.689. The van der Waals surface area contributed by atoms with E-state index >= 15 is 0 Å². The molecule has 2 fully saturated rings. The predicted molar refractivity (Wildman–Crippen MR) is 104 cm³/mol. The second kappa shape index (κ2) is 8.98. The number of nitrogens with zero attached hydrogens (tertiary/aromatic N) is 3. The van der Waals surface area contributed by atoms with Gasteiger partial charge >= 0.3 is 0 Å². The van der Waals surface area contributed by atoms with Crippen LogP contribution in [0.1, 0.15) is 25.7 Å². The van der Waals surface area contributed by atoms with Crippen molar-refractivity contribution in [3.8, 4) is 0 Å². The molecule has 0 aromatic heterocycles. The summed E-state index contributed by atoms with van der Waals surface area (Å²) in [5.74, 6) is -0.636. The van der Waals surface area contributed by atoms with Crippen molar-refractivity contribution in [1.82, 2.24) is 14.1 Å². The van der Waals surface area contributed by atoms with Gasteiger partial charge in [0.1, 0.15) is 10.7 Å². The Hall–Kier alpha value is -1.03. The number of piperazine rings is 1. The van der Waals surface area contributed by atoms with E-state index in [2.05, 4.69) is 15.9 Å². The molecule has 0 atom stereocenters. The summed E-state index contributed by atoms with van der Waals surface area (Å²) in [5.41, 5.74) is 0. The highest BCUT2D eigenvalue weighted by molar-refractivity contribution is 9.10.